The minimum absolute atomic E-state index is 0.137. The van der Waals surface area contributed by atoms with Gasteiger partial charge in [0.15, 0.2) is 0 Å². The molecule has 5 nitrogen and oxygen atoms in total. The van der Waals surface area contributed by atoms with Gasteiger partial charge in [-0.3, -0.25) is 0 Å². The molecule has 2 aromatic rings. The lowest BCUT2D eigenvalue weighted by atomic mass is 10.1. The summed E-state index contributed by atoms with van der Waals surface area (Å²) in [5.41, 5.74) is 1.18. The number of hydrogen-bond donors (Lipinski definition) is 2. The summed E-state index contributed by atoms with van der Waals surface area (Å²) in [6, 6.07) is 19.6. The number of para-hydroxylation sites is 1. The van der Waals surface area contributed by atoms with E-state index in [1.165, 1.54) is 5.56 Å². The third-order valence-electron chi connectivity index (χ3n) is 3.66. The van der Waals surface area contributed by atoms with Crippen molar-refractivity contribution in [3.63, 3.8) is 0 Å². The molecule has 0 aromatic heterocycles. The first-order valence-electron chi connectivity index (χ1n) is 8.07. The maximum atomic E-state index is 11.9. The molecule has 128 valence electrons. The summed E-state index contributed by atoms with van der Waals surface area (Å²) in [4.78, 5) is 14.0. The number of likely N-dealkylation sites (N-methyl/N-ethyl adjacent to an activating group) is 1. The number of amides is 2. The van der Waals surface area contributed by atoms with Gasteiger partial charge in [-0.2, -0.15) is 0 Å². The Hall–Kier alpha value is -2.53. The highest BCUT2D eigenvalue weighted by Crippen LogP contribution is 2.16. The molecule has 24 heavy (non-hydrogen) atoms. The van der Waals surface area contributed by atoms with Crippen LogP contribution >= 0.6 is 0 Å². The molecule has 0 bridgehead atoms. The zero-order valence-electron chi connectivity index (χ0n) is 14.2. The van der Waals surface area contributed by atoms with Crippen LogP contribution in [0.4, 0.5) is 4.79 Å². The quantitative estimate of drug-likeness (QED) is 0.733. The second-order valence-corrected chi connectivity index (χ2v) is 5.69. The smallest absolute Gasteiger partial charge is 0.314 e. The fourth-order valence-electron chi connectivity index (χ4n) is 2.38. The van der Waals surface area contributed by atoms with Gasteiger partial charge in [0.05, 0.1) is 12.6 Å². The van der Waals surface area contributed by atoms with E-state index in [1.807, 2.05) is 62.6 Å². The number of nitrogens with zero attached hydrogens (tertiary/aromatic N) is 1. The highest BCUT2D eigenvalue weighted by Gasteiger charge is 2.14. The van der Waals surface area contributed by atoms with E-state index < -0.39 is 0 Å². The average molecular weight is 327 g/mol. The highest BCUT2D eigenvalue weighted by molar-refractivity contribution is 5.73. The second-order valence-electron chi connectivity index (χ2n) is 5.69. The Labute approximate surface area is 143 Å². The fraction of sp³-hybridized carbons (Fsp3) is 0.316. The van der Waals surface area contributed by atoms with E-state index in [0.29, 0.717) is 19.7 Å². The Morgan fingerprint density at radius 3 is 2.25 bits per heavy atom. The van der Waals surface area contributed by atoms with Crippen molar-refractivity contribution in [2.75, 3.05) is 33.8 Å². The predicted octanol–water partition coefficient (Wildman–Crippen LogP) is 2.67. The zero-order chi connectivity index (χ0) is 17.2. The van der Waals surface area contributed by atoms with Crippen LogP contribution in [-0.4, -0.2) is 44.7 Å². The van der Waals surface area contributed by atoms with Crippen LogP contribution in [0.1, 0.15) is 11.6 Å². The Morgan fingerprint density at radius 1 is 1.00 bits per heavy atom. The number of urea groups is 1. The summed E-state index contributed by atoms with van der Waals surface area (Å²) < 4.78 is 5.54. The molecule has 0 saturated heterocycles. The Kier molecular flexibility index (Phi) is 7.11. The Balaban J connectivity index is 1.70. The fourth-order valence-corrected chi connectivity index (χ4v) is 2.38. The summed E-state index contributed by atoms with van der Waals surface area (Å²) in [6.45, 7) is 1.44. The van der Waals surface area contributed by atoms with Gasteiger partial charge in [-0.15, -0.1) is 0 Å². The van der Waals surface area contributed by atoms with Crippen molar-refractivity contribution in [2.45, 2.75) is 6.04 Å². The monoisotopic (exact) mass is 327 g/mol. The van der Waals surface area contributed by atoms with E-state index in [9.17, 15) is 4.79 Å². The molecule has 2 amide bonds. The molecular formula is C19H25N3O2. The molecule has 2 rings (SSSR count). The summed E-state index contributed by atoms with van der Waals surface area (Å²) in [5.74, 6) is 0.802. The van der Waals surface area contributed by atoms with Gasteiger partial charge < -0.3 is 20.3 Å². The number of hydrogen-bond acceptors (Lipinski definition) is 3. The number of carbonyl (C=O) groups is 1. The second kappa shape index (κ2) is 9.57. The summed E-state index contributed by atoms with van der Waals surface area (Å²) in [6.07, 6.45) is 0. The molecule has 0 saturated carbocycles. The lowest BCUT2D eigenvalue weighted by Crippen LogP contribution is -2.41. The first-order chi connectivity index (χ1) is 11.7. The lowest BCUT2D eigenvalue weighted by molar-refractivity contribution is 0.229. The molecule has 1 atom stereocenters. The predicted molar refractivity (Wildman–Crippen MR) is 96.2 cm³/mol. The molecule has 0 spiro atoms. The molecule has 0 aliphatic rings. The number of nitrogens with one attached hydrogen (secondary N) is 2. The molecule has 0 heterocycles. The van der Waals surface area contributed by atoms with E-state index in [0.717, 1.165) is 5.75 Å². The maximum absolute atomic E-state index is 11.9. The largest absolute Gasteiger partial charge is 0.492 e. The van der Waals surface area contributed by atoms with Gasteiger partial charge in [-0.25, -0.2) is 4.79 Å². The lowest BCUT2D eigenvalue weighted by Gasteiger charge is -2.25. The van der Waals surface area contributed by atoms with E-state index in [2.05, 4.69) is 27.7 Å². The van der Waals surface area contributed by atoms with Crippen molar-refractivity contribution in [1.82, 2.24) is 15.5 Å². The third-order valence-corrected chi connectivity index (χ3v) is 3.66. The molecule has 5 heteroatoms. The van der Waals surface area contributed by atoms with Crippen molar-refractivity contribution in [3.05, 3.63) is 66.2 Å². The van der Waals surface area contributed by atoms with E-state index in [4.69, 9.17) is 4.74 Å². The number of rotatable bonds is 8. The maximum Gasteiger partial charge on any atom is 0.314 e. The molecule has 0 aliphatic heterocycles. The molecule has 1 unspecified atom stereocenters. The van der Waals surface area contributed by atoms with Gasteiger partial charge in [0.2, 0.25) is 0 Å². The van der Waals surface area contributed by atoms with Crippen molar-refractivity contribution in [1.29, 1.82) is 0 Å². The third kappa shape index (κ3) is 5.93. The summed E-state index contributed by atoms with van der Waals surface area (Å²) >= 11 is 0. The summed E-state index contributed by atoms with van der Waals surface area (Å²) in [5, 5.41) is 5.72. The first-order valence-corrected chi connectivity index (χ1v) is 8.07. The van der Waals surface area contributed by atoms with Crippen molar-refractivity contribution in [3.8, 4) is 5.75 Å². The summed E-state index contributed by atoms with van der Waals surface area (Å²) in [7, 11) is 4.01. The van der Waals surface area contributed by atoms with Crippen LogP contribution in [0.25, 0.3) is 0 Å². The normalized spacial score (nSPS) is 11.8. The molecular weight excluding hydrogens is 302 g/mol. The first kappa shape index (κ1) is 17.8. The van der Waals surface area contributed by atoms with E-state index in [-0.39, 0.29) is 12.1 Å². The number of carbonyl (C=O) groups excluding carboxylic acids is 1. The van der Waals surface area contributed by atoms with E-state index >= 15 is 0 Å². The Morgan fingerprint density at radius 2 is 1.62 bits per heavy atom. The van der Waals surface area contributed by atoms with Crippen LogP contribution in [0.3, 0.4) is 0 Å². The van der Waals surface area contributed by atoms with Gasteiger partial charge in [-0.05, 0) is 31.8 Å². The molecule has 2 aromatic carbocycles. The van der Waals surface area contributed by atoms with Gasteiger partial charge in [0.1, 0.15) is 12.4 Å². The minimum atomic E-state index is -0.186. The van der Waals surface area contributed by atoms with Crippen LogP contribution in [0.5, 0.6) is 5.75 Å². The van der Waals surface area contributed by atoms with Gasteiger partial charge in [-0.1, -0.05) is 48.5 Å². The number of ether oxygens (including phenoxy) is 1. The van der Waals surface area contributed by atoms with Crippen molar-refractivity contribution < 1.29 is 9.53 Å². The van der Waals surface area contributed by atoms with Gasteiger partial charge in [0.25, 0.3) is 0 Å². The standard InChI is InChI=1S/C19H25N3O2/c1-22(2)18(16-9-5-3-6-10-16)15-21-19(23)20-13-14-24-17-11-7-4-8-12-17/h3-12,18H,13-15H2,1-2H3,(H2,20,21,23). The molecule has 0 aliphatic carbocycles. The average Bonchev–Trinajstić information content (AvgIpc) is 2.60. The van der Waals surface area contributed by atoms with Gasteiger partial charge >= 0.3 is 6.03 Å². The number of benzene rings is 2. The van der Waals surface area contributed by atoms with Crippen LogP contribution in [0.15, 0.2) is 60.7 Å². The van der Waals surface area contributed by atoms with Crippen molar-refractivity contribution in [2.24, 2.45) is 0 Å². The molecule has 0 radical (unpaired) electrons. The minimum Gasteiger partial charge on any atom is -0.492 e. The van der Waals surface area contributed by atoms with Crippen molar-refractivity contribution >= 4 is 6.03 Å². The van der Waals surface area contributed by atoms with E-state index in [1.54, 1.807) is 0 Å². The van der Waals surface area contributed by atoms with Gasteiger partial charge in [0, 0.05) is 6.54 Å². The van der Waals surface area contributed by atoms with Crippen LogP contribution in [0, 0.1) is 0 Å². The highest BCUT2D eigenvalue weighted by atomic mass is 16.5. The zero-order valence-corrected chi connectivity index (χ0v) is 14.2. The topological polar surface area (TPSA) is 53.6 Å². The molecule has 2 N–H and O–H groups in total. The van der Waals surface area contributed by atoms with Crippen LogP contribution in [0.2, 0.25) is 0 Å². The van der Waals surface area contributed by atoms with Crippen LogP contribution in [-0.2, 0) is 0 Å². The SMILES string of the molecule is CN(C)C(CNC(=O)NCCOc1ccccc1)c1ccccc1. The molecule has 0 fully saturated rings. The van der Waals surface area contributed by atoms with Crippen LogP contribution < -0.4 is 15.4 Å². The Bertz CT molecular complexity index is 603.